The van der Waals surface area contributed by atoms with Gasteiger partial charge in [-0.2, -0.15) is 0 Å². The summed E-state index contributed by atoms with van der Waals surface area (Å²) < 4.78 is 11.6. The van der Waals surface area contributed by atoms with Gasteiger partial charge in [-0.05, 0) is 48.2 Å². The van der Waals surface area contributed by atoms with Gasteiger partial charge in [-0.1, -0.05) is 66.7 Å². The maximum atomic E-state index is 14.1. The molecule has 1 heterocycles. The fourth-order valence-electron chi connectivity index (χ4n) is 6.02. The number of aromatic hydroxyl groups is 1. The number of hydrogen-bond donors (Lipinski definition) is 3. The van der Waals surface area contributed by atoms with Crippen LogP contribution in [0.15, 0.2) is 95.9 Å². The third-order valence-corrected chi connectivity index (χ3v) is 8.45. The standard InChI is InChI=1S/C36H32N2O7/c1-20-14-15-23-12-8-9-13-24(23)25(20)18-37-35(42)31-28(43-4)16-27(40)32-33(31)45-29-17-26(39)30(34(41)36(29,32)3)21(2)38-44-19-22-10-6-5-7-11-22/h5-17,38,40H,18-19H2,1-4H3,(H,37,42)/t36-/m1/s1. The lowest BCUT2D eigenvalue weighted by molar-refractivity contribution is -0.123. The van der Waals surface area contributed by atoms with Crippen LogP contribution in [0.4, 0.5) is 0 Å². The molecule has 9 heteroatoms. The molecule has 1 atom stereocenters. The second-order valence-corrected chi connectivity index (χ2v) is 11.2. The number of nitrogens with one attached hydrogen (secondary N) is 2. The van der Waals surface area contributed by atoms with E-state index in [-0.39, 0.29) is 58.6 Å². The van der Waals surface area contributed by atoms with E-state index in [0.29, 0.717) is 0 Å². The Balaban J connectivity index is 1.34. The van der Waals surface area contributed by atoms with Crippen molar-refractivity contribution in [3.8, 4) is 17.2 Å². The fourth-order valence-corrected chi connectivity index (χ4v) is 6.02. The number of allylic oxidation sites excluding steroid dienone is 4. The first-order valence-electron chi connectivity index (χ1n) is 14.5. The molecule has 6 rings (SSSR count). The molecule has 1 aliphatic heterocycles. The predicted molar refractivity (Wildman–Crippen MR) is 168 cm³/mol. The first kappa shape index (κ1) is 29.7. The monoisotopic (exact) mass is 604 g/mol. The summed E-state index contributed by atoms with van der Waals surface area (Å²) in [6.45, 7) is 5.52. The SMILES string of the molecule is COc1cc(O)c2c(c1C(=O)NCc1c(C)ccc3ccccc13)OC1=CC(=O)C(=C(C)NOCc3ccccc3)C(=O)[C@]12C. The molecule has 0 radical (unpaired) electrons. The van der Waals surface area contributed by atoms with Gasteiger partial charge in [0.05, 0.1) is 24.9 Å². The summed E-state index contributed by atoms with van der Waals surface area (Å²) in [6, 6.07) is 22.7. The third-order valence-electron chi connectivity index (χ3n) is 8.45. The van der Waals surface area contributed by atoms with E-state index in [0.717, 1.165) is 27.5 Å². The largest absolute Gasteiger partial charge is 0.507 e. The molecular weight excluding hydrogens is 572 g/mol. The van der Waals surface area contributed by atoms with Gasteiger partial charge < -0.3 is 19.9 Å². The first-order valence-corrected chi connectivity index (χ1v) is 14.5. The van der Waals surface area contributed by atoms with Gasteiger partial charge in [0.25, 0.3) is 5.91 Å². The van der Waals surface area contributed by atoms with E-state index in [9.17, 15) is 19.5 Å². The molecule has 45 heavy (non-hydrogen) atoms. The Morgan fingerprint density at radius 1 is 1.02 bits per heavy atom. The molecule has 0 spiro atoms. The second kappa shape index (κ2) is 11.6. The van der Waals surface area contributed by atoms with E-state index in [1.165, 1.54) is 19.3 Å². The molecule has 0 saturated heterocycles. The quantitative estimate of drug-likeness (QED) is 0.137. The molecule has 0 aromatic heterocycles. The van der Waals surface area contributed by atoms with E-state index < -0.39 is 22.9 Å². The number of aryl methyl sites for hydroxylation is 1. The molecule has 4 aromatic rings. The van der Waals surface area contributed by atoms with Crippen LogP contribution >= 0.6 is 0 Å². The van der Waals surface area contributed by atoms with E-state index in [1.54, 1.807) is 13.8 Å². The molecule has 9 nitrogen and oxygen atoms in total. The van der Waals surface area contributed by atoms with Gasteiger partial charge in [0.2, 0.25) is 0 Å². The Morgan fingerprint density at radius 2 is 1.76 bits per heavy atom. The first-order chi connectivity index (χ1) is 21.6. The van der Waals surface area contributed by atoms with Crippen molar-refractivity contribution in [3.63, 3.8) is 0 Å². The minimum Gasteiger partial charge on any atom is -0.507 e. The minimum absolute atomic E-state index is 0.00605. The molecule has 0 fully saturated rings. The average molecular weight is 605 g/mol. The summed E-state index contributed by atoms with van der Waals surface area (Å²) in [4.78, 5) is 46.7. The number of phenols is 1. The van der Waals surface area contributed by atoms with Crippen molar-refractivity contribution in [2.24, 2.45) is 0 Å². The fraction of sp³-hybridized carbons (Fsp3) is 0.194. The minimum atomic E-state index is -1.58. The van der Waals surface area contributed by atoms with Crippen LogP contribution in [0.3, 0.4) is 0 Å². The van der Waals surface area contributed by atoms with E-state index in [4.69, 9.17) is 14.3 Å². The molecule has 0 unspecified atom stereocenters. The van der Waals surface area contributed by atoms with Crippen LogP contribution < -0.4 is 20.3 Å². The Kier molecular flexibility index (Phi) is 7.64. The summed E-state index contributed by atoms with van der Waals surface area (Å²) in [5.41, 5.74) is 4.15. The molecule has 4 aromatic carbocycles. The normalized spacial score (nSPS) is 18.1. The van der Waals surface area contributed by atoms with Crippen LogP contribution in [0.2, 0.25) is 0 Å². The number of benzene rings is 4. The number of carbonyl (C=O) groups excluding carboxylic acids is 3. The lowest BCUT2D eigenvalue weighted by Gasteiger charge is -2.28. The van der Waals surface area contributed by atoms with Crippen LogP contribution in [0, 0.1) is 6.92 Å². The summed E-state index contributed by atoms with van der Waals surface area (Å²) in [6.07, 6.45) is 1.21. The molecule has 0 saturated carbocycles. The maximum Gasteiger partial charge on any atom is 0.259 e. The van der Waals surface area contributed by atoms with Gasteiger partial charge in [-0.25, -0.2) is 0 Å². The van der Waals surface area contributed by atoms with Gasteiger partial charge in [-0.3, -0.25) is 24.7 Å². The van der Waals surface area contributed by atoms with Crippen LogP contribution in [-0.4, -0.2) is 29.7 Å². The molecular formula is C36H32N2O7. The smallest absolute Gasteiger partial charge is 0.259 e. The molecule has 1 amide bonds. The number of fused-ring (bicyclic) bond motifs is 4. The predicted octanol–water partition coefficient (Wildman–Crippen LogP) is 5.47. The lowest BCUT2D eigenvalue weighted by Crippen LogP contribution is -2.41. The van der Waals surface area contributed by atoms with E-state index in [1.807, 2.05) is 73.7 Å². The number of phenolic OH excluding ortho intramolecular Hbond substituents is 1. The topological polar surface area (TPSA) is 123 Å². The molecule has 2 aliphatic rings. The van der Waals surface area contributed by atoms with Gasteiger partial charge in [0, 0.05) is 24.4 Å². The highest BCUT2D eigenvalue weighted by Gasteiger charge is 2.56. The summed E-state index contributed by atoms with van der Waals surface area (Å²) in [7, 11) is 1.37. The Bertz CT molecular complexity index is 1940. The Hall–Kier alpha value is -5.41. The highest BCUT2D eigenvalue weighted by atomic mass is 16.6. The number of hydrogen-bond acceptors (Lipinski definition) is 8. The maximum absolute atomic E-state index is 14.1. The van der Waals surface area contributed by atoms with E-state index in [2.05, 4.69) is 10.8 Å². The number of amides is 1. The van der Waals surface area contributed by atoms with Crippen LogP contribution in [0.25, 0.3) is 10.8 Å². The number of rotatable bonds is 8. The van der Waals surface area contributed by atoms with Gasteiger partial charge in [0.15, 0.2) is 17.3 Å². The highest BCUT2D eigenvalue weighted by Crippen LogP contribution is 2.56. The van der Waals surface area contributed by atoms with Crippen molar-refractivity contribution >= 4 is 28.2 Å². The third kappa shape index (κ3) is 5.01. The summed E-state index contributed by atoms with van der Waals surface area (Å²) in [5.74, 6) is -1.99. The van der Waals surface area contributed by atoms with E-state index >= 15 is 0 Å². The summed E-state index contributed by atoms with van der Waals surface area (Å²) >= 11 is 0. The number of methoxy groups -OCH3 is 1. The number of ether oxygens (including phenoxy) is 2. The molecule has 3 N–H and O–H groups in total. The Labute approximate surface area is 260 Å². The van der Waals surface area contributed by atoms with Gasteiger partial charge in [0.1, 0.15) is 28.2 Å². The zero-order valence-corrected chi connectivity index (χ0v) is 25.3. The van der Waals surface area contributed by atoms with Crippen molar-refractivity contribution in [1.29, 1.82) is 0 Å². The van der Waals surface area contributed by atoms with Crippen LogP contribution in [0.1, 0.15) is 46.5 Å². The number of ketones is 2. The van der Waals surface area contributed by atoms with Crippen molar-refractivity contribution in [2.45, 2.75) is 39.3 Å². The van der Waals surface area contributed by atoms with Gasteiger partial charge >= 0.3 is 0 Å². The average Bonchev–Trinajstić information content (AvgIpc) is 3.34. The van der Waals surface area contributed by atoms with Crippen molar-refractivity contribution in [3.05, 3.63) is 124 Å². The molecule has 228 valence electrons. The van der Waals surface area contributed by atoms with Crippen molar-refractivity contribution < 1.29 is 33.8 Å². The summed E-state index contributed by atoms with van der Waals surface area (Å²) in [5, 5.41) is 16.2. The highest BCUT2D eigenvalue weighted by molar-refractivity contribution is 6.31. The second-order valence-electron chi connectivity index (χ2n) is 11.2. The number of hydroxylamine groups is 1. The zero-order valence-electron chi connectivity index (χ0n) is 25.3. The van der Waals surface area contributed by atoms with Crippen LogP contribution in [-0.2, 0) is 33.0 Å². The molecule has 0 bridgehead atoms. The number of carbonyl (C=O) groups is 3. The Morgan fingerprint density at radius 3 is 2.51 bits per heavy atom. The van der Waals surface area contributed by atoms with Gasteiger partial charge in [-0.15, -0.1) is 0 Å². The molecule has 1 aliphatic carbocycles. The lowest BCUT2D eigenvalue weighted by atomic mass is 9.70. The van der Waals surface area contributed by atoms with Crippen molar-refractivity contribution in [2.75, 3.05) is 7.11 Å². The van der Waals surface area contributed by atoms with Crippen LogP contribution in [0.5, 0.6) is 17.2 Å². The van der Waals surface area contributed by atoms with Crippen molar-refractivity contribution in [1.82, 2.24) is 10.8 Å². The zero-order chi connectivity index (χ0) is 31.9. The number of Topliss-reactive ketones (excluding diaryl/α,β-unsaturated/α-hetero) is 1.